The fraction of sp³-hybridized carbons (Fsp3) is 0.676. The number of aliphatic hydroxyl groups is 3. The molecule has 8 nitrogen and oxygen atoms in total. The summed E-state index contributed by atoms with van der Waals surface area (Å²) in [5, 5.41) is 34.1. The average molecular weight is 585 g/mol. The van der Waals surface area contributed by atoms with Gasteiger partial charge in [-0.05, 0) is 63.2 Å². The van der Waals surface area contributed by atoms with Gasteiger partial charge in [-0.3, -0.25) is 4.79 Å². The van der Waals surface area contributed by atoms with Gasteiger partial charge in [-0.25, -0.2) is 0 Å². The Bertz CT molecular complexity index is 1200. The molecule has 5 rings (SSSR count). The van der Waals surface area contributed by atoms with Gasteiger partial charge >= 0.3 is 5.97 Å². The summed E-state index contributed by atoms with van der Waals surface area (Å²) in [6.45, 7) is 12.0. The van der Waals surface area contributed by atoms with Gasteiger partial charge in [-0.2, -0.15) is 0 Å². The van der Waals surface area contributed by atoms with Gasteiger partial charge in [0.05, 0.1) is 24.9 Å². The molecule has 0 aromatic carbocycles. The summed E-state index contributed by atoms with van der Waals surface area (Å²) >= 11 is 0. The second-order valence-corrected chi connectivity index (χ2v) is 13.3. The molecule has 0 aromatic heterocycles. The molecular weight excluding hydrogens is 536 g/mol. The molecule has 0 amide bonds. The van der Waals surface area contributed by atoms with E-state index in [0.717, 1.165) is 12.0 Å². The standard InChI is InChI=1S/C34H48O8/c1-7-21(4)30-23(6)28(35)17-33(42-30)16-26-15-25(41-33)12-11-20(3)13-19(2)9-8-10-24-18-39-31-29(36)22(5)14-27(32(37)40-26)34(24,31)38/h7-11,14,19,23,25-31,35-36,38H,12-13,15-18H2,1-6H3/b9-8+,20-11+,21-7+,24-10+/t19-,23-,25+,26-,27-,28-,29+,30+,31+,33-,34+/m0/s1. The molecule has 3 saturated heterocycles. The predicted molar refractivity (Wildman–Crippen MR) is 158 cm³/mol. The van der Waals surface area contributed by atoms with Gasteiger partial charge in [0.15, 0.2) is 5.79 Å². The van der Waals surface area contributed by atoms with Gasteiger partial charge in [0, 0.05) is 25.2 Å². The number of carbonyl (C=O) groups excluding carboxylic acids is 1. The SMILES string of the molecule is C/C=C(\C)[C@H]1O[C@@]2(C[C@@H]3C[C@@H](C/C=C(\C)C[C@@H](C)/C=C/C=C4\CO[C@@H]5[C@H](O)C(C)=C[C@@H](C(=O)O3)[C@]45O)O2)C[C@H](O)[C@@H]1C. The van der Waals surface area contributed by atoms with Crippen LogP contribution in [0, 0.1) is 17.8 Å². The molecule has 0 unspecified atom stereocenters. The van der Waals surface area contributed by atoms with Crippen molar-refractivity contribution in [3.05, 3.63) is 58.7 Å². The van der Waals surface area contributed by atoms with Crippen LogP contribution in [0.25, 0.3) is 0 Å². The quantitative estimate of drug-likeness (QED) is 0.306. The van der Waals surface area contributed by atoms with Crippen molar-refractivity contribution in [1.29, 1.82) is 0 Å². The van der Waals surface area contributed by atoms with Crippen molar-refractivity contribution in [3.8, 4) is 0 Å². The zero-order valence-corrected chi connectivity index (χ0v) is 25.8. The van der Waals surface area contributed by atoms with E-state index in [1.165, 1.54) is 5.57 Å². The van der Waals surface area contributed by atoms with Gasteiger partial charge in [0.1, 0.15) is 29.8 Å². The topological polar surface area (TPSA) is 115 Å². The molecule has 1 spiro atoms. The van der Waals surface area contributed by atoms with E-state index in [0.29, 0.717) is 24.0 Å². The minimum Gasteiger partial charge on any atom is -0.462 e. The zero-order valence-electron chi connectivity index (χ0n) is 25.8. The monoisotopic (exact) mass is 584 g/mol. The Kier molecular flexibility index (Phi) is 9.06. The number of hydrogen-bond donors (Lipinski definition) is 3. The summed E-state index contributed by atoms with van der Waals surface area (Å²) in [4.78, 5) is 14.0. The number of fused-ring (bicyclic) bond motifs is 2. The van der Waals surface area contributed by atoms with Crippen LogP contribution < -0.4 is 0 Å². The van der Waals surface area contributed by atoms with Gasteiger partial charge in [-0.15, -0.1) is 0 Å². The minimum absolute atomic E-state index is 0.110. The molecule has 8 heteroatoms. The van der Waals surface area contributed by atoms with Crippen LogP contribution in [0.3, 0.4) is 0 Å². The van der Waals surface area contributed by atoms with Crippen LogP contribution in [0.15, 0.2) is 58.7 Å². The number of esters is 1. The third-order valence-corrected chi connectivity index (χ3v) is 9.97. The number of hydrogen-bond acceptors (Lipinski definition) is 8. The van der Waals surface area contributed by atoms with Gasteiger partial charge in [0.2, 0.25) is 0 Å². The van der Waals surface area contributed by atoms with Crippen molar-refractivity contribution in [3.63, 3.8) is 0 Å². The molecule has 2 bridgehead atoms. The highest BCUT2D eigenvalue weighted by Gasteiger charge is 2.60. The molecule has 4 aliphatic heterocycles. The van der Waals surface area contributed by atoms with Crippen LogP contribution in [0.5, 0.6) is 0 Å². The Morgan fingerprint density at radius 3 is 2.62 bits per heavy atom. The highest BCUT2D eigenvalue weighted by atomic mass is 16.7. The van der Waals surface area contributed by atoms with Crippen LogP contribution >= 0.6 is 0 Å². The third kappa shape index (κ3) is 5.86. The van der Waals surface area contributed by atoms with Crippen LogP contribution in [0.1, 0.15) is 73.6 Å². The number of allylic oxidation sites excluding steroid dienone is 5. The maximum Gasteiger partial charge on any atom is 0.316 e. The van der Waals surface area contributed by atoms with Crippen LogP contribution in [-0.4, -0.2) is 75.9 Å². The molecule has 232 valence electrons. The smallest absolute Gasteiger partial charge is 0.316 e. The Hall–Kier alpha value is -2.07. The van der Waals surface area contributed by atoms with Crippen LogP contribution in [0.2, 0.25) is 0 Å². The van der Waals surface area contributed by atoms with Crippen LogP contribution in [0.4, 0.5) is 0 Å². The maximum atomic E-state index is 14.0. The molecule has 5 aliphatic rings. The minimum atomic E-state index is -1.74. The summed E-state index contributed by atoms with van der Waals surface area (Å²) in [7, 11) is 0. The van der Waals surface area contributed by atoms with Crippen molar-refractivity contribution in [1.82, 2.24) is 0 Å². The fourth-order valence-corrected chi connectivity index (χ4v) is 7.39. The van der Waals surface area contributed by atoms with E-state index < -0.39 is 47.7 Å². The van der Waals surface area contributed by atoms with Crippen molar-refractivity contribution in [2.75, 3.05) is 6.61 Å². The predicted octanol–water partition coefficient (Wildman–Crippen LogP) is 4.45. The Labute approximate surface area is 249 Å². The molecule has 42 heavy (non-hydrogen) atoms. The molecule has 3 fully saturated rings. The largest absolute Gasteiger partial charge is 0.462 e. The number of aliphatic hydroxyl groups excluding tert-OH is 2. The first-order valence-corrected chi connectivity index (χ1v) is 15.5. The number of rotatable bonds is 1. The van der Waals surface area contributed by atoms with Crippen LogP contribution in [-0.2, 0) is 23.7 Å². The summed E-state index contributed by atoms with van der Waals surface area (Å²) in [6, 6.07) is 0. The lowest BCUT2D eigenvalue weighted by Crippen LogP contribution is -2.59. The molecule has 3 N–H and O–H groups in total. The normalized spacial score (nSPS) is 48.3. The van der Waals surface area contributed by atoms with E-state index in [1.807, 2.05) is 39.0 Å². The second kappa shape index (κ2) is 12.1. The molecule has 0 saturated carbocycles. The average Bonchev–Trinajstić information content (AvgIpc) is 3.27. The molecule has 4 heterocycles. The first kappa shape index (κ1) is 31.4. The second-order valence-electron chi connectivity index (χ2n) is 13.3. The zero-order chi connectivity index (χ0) is 30.4. The van der Waals surface area contributed by atoms with E-state index in [-0.39, 0.29) is 43.5 Å². The van der Waals surface area contributed by atoms with E-state index >= 15 is 0 Å². The summed E-state index contributed by atoms with van der Waals surface area (Å²) in [5.74, 6) is -2.61. The molecule has 0 radical (unpaired) electrons. The number of ether oxygens (including phenoxy) is 4. The summed E-state index contributed by atoms with van der Waals surface area (Å²) in [5.41, 5.74) is 1.61. The van der Waals surface area contributed by atoms with Crippen molar-refractivity contribution in [2.24, 2.45) is 17.8 Å². The maximum absolute atomic E-state index is 14.0. The Morgan fingerprint density at radius 1 is 1.12 bits per heavy atom. The summed E-state index contributed by atoms with van der Waals surface area (Å²) < 4.78 is 25.5. The highest BCUT2D eigenvalue weighted by Crippen LogP contribution is 2.47. The van der Waals surface area contributed by atoms with E-state index in [4.69, 9.17) is 18.9 Å². The fourth-order valence-electron chi connectivity index (χ4n) is 7.39. The number of carbonyl (C=O) groups is 1. The first-order chi connectivity index (χ1) is 19.9. The third-order valence-electron chi connectivity index (χ3n) is 9.97. The highest BCUT2D eigenvalue weighted by molar-refractivity contribution is 5.78. The van der Waals surface area contributed by atoms with Gasteiger partial charge in [0.25, 0.3) is 0 Å². The van der Waals surface area contributed by atoms with E-state index in [2.05, 4.69) is 26.0 Å². The van der Waals surface area contributed by atoms with E-state index in [9.17, 15) is 20.1 Å². The lowest BCUT2D eigenvalue weighted by molar-refractivity contribution is -0.342. The lowest BCUT2D eigenvalue weighted by Gasteiger charge is -2.51. The van der Waals surface area contributed by atoms with Crippen molar-refractivity contribution in [2.45, 2.75) is 122 Å². The van der Waals surface area contributed by atoms with Gasteiger partial charge in [-0.1, -0.05) is 55.9 Å². The first-order valence-electron chi connectivity index (χ1n) is 15.5. The van der Waals surface area contributed by atoms with Gasteiger partial charge < -0.3 is 34.3 Å². The molecule has 0 aromatic rings. The molecule has 1 aliphatic carbocycles. The van der Waals surface area contributed by atoms with E-state index in [1.54, 1.807) is 13.0 Å². The van der Waals surface area contributed by atoms with Crippen molar-refractivity contribution >= 4 is 5.97 Å². The Morgan fingerprint density at radius 2 is 1.88 bits per heavy atom. The van der Waals surface area contributed by atoms with Crippen molar-refractivity contribution < 1.29 is 39.1 Å². The molecular formula is C34H48O8. The lowest BCUT2D eigenvalue weighted by atomic mass is 9.71. The summed E-state index contributed by atoms with van der Waals surface area (Å²) in [6.07, 6.45) is 10.3. The Balaban J connectivity index is 1.53. The molecule has 11 atom stereocenters.